The molecule has 2 N–H and O–H groups in total. The molecule has 2 atom stereocenters. The number of amides is 1. The van der Waals surface area contributed by atoms with Crippen LogP contribution in [0, 0.1) is 11.3 Å². The Bertz CT molecular complexity index is 306. The average molecular weight is 205 g/mol. The minimum atomic E-state index is -4.48. The highest BCUT2D eigenvalue weighted by molar-refractivity contribution is 5.80. The van der Waals surface area contributed by atoms with E-state index in [-0.39, 0.29) is 0 Å². The Morgan fingerprint density at radius 2 is 2.00 bits per heavy atom. The molecule has 0 aromatic heterocycles. The molecule has 1 aliphatic carbocycles. The van der Waals surface area contributed by atoms with Gasteiger partial charge in [-0.15, -0.1) is 0 Å². The van der Waals surface area contributed by atoms with Gasteiger partial charge in [0, 0.05) is 0 Å². The van der Waals surface area contributed by atoms with E-state index in [4.69, 9.17) is 5.73 Å². The summed E-state index contributed by atoms with van der Waals surface area (Å²) in [5.41, 5.74) is 2.73. The van der Waals surface area contributed by atoms with Crippen molar-refractivity contribution >= 4 is 5.91 Å². The fourth-order valence-corrected chi connectivity index (χ4v) is 1.40. The number of primary amides is 1. The predicted molar refractivity (Wildman–Crippen MR) is 45.1 cm³/mol. The lowest BCUT2D eigenvalue weighted by atomic mass is 9.73. The fraction of sp³-hybridized carbons (Fsp3) is 0.444. The molecule has 0 bridgehead atoms. The first kappa shape index (κ1) is 10.8. The van der Waals surface area contributed by atoms with Crippen LogP contribution < -0.4 is 5.73 Å². The van der Waals surface area contributed by atoms with Crippen LogP contribution in [0.4, 0.5) is 13.2 Å². The van der Waals surface area contributed by atoms with Gasteiger partial charge in [0.25, 0.3) is 0 Å². The second-order valence-corrected chi connectivity index (χ2v) is 3.40. The van der Waals surface area contributed by atoms with Gasteiger partial charge in [-0.25, -0.2) is 0 Å². The molecule has 0 saturated carbocycles. The summed E-state index contributed by atoms with van der Waals surface area (Å²) >= 11 is 0. The van der Waals surface area contributed by atoms with Gasteiger partial charge in [-0.2, -0.15) is 13.2 Å². The number of nitrogens with two attached hydrogens (primary N) is 1. The molecular formula is C9H10F3NO. The zero-order valence-electron chi connectivity index (χ0n) is 7.51. The number of allylic oxidation sites excluding steroid dienone is 3. The molecule has 0 saturated heterocycles. The maximum Gasteiger partial charge on any atom is 0.398 e. The number of hydrogen-bond acceptors (Lipinski definition) is 1. The van der Waals surface area contributed by atoms with Crippen LogP contribution in [-0.2, 0) is 4.79 Å². The van der Waals surface area contributed by atoms with Gasteiger partial charge in [-0.1, -0.05) is 24.3 Å². The summed E-state index contributed by atoms with van der Waals surface area (Å²) in [7, 11) is 0. The highest BCUT2D eigenvalue weighted by Crippen LogP contribution is 2.47. The molecule has 1 amide bonds. The molecule has 0 fully saturated rings. The molecule has 78 valence electrons. The van der Waals surface area contributed by atoms with Crippen molar-refractivity contribution in [2.24, 2.45) is 17.1 Å². The Morgan fingerprint density at radius 3 is 2.36 bits per heavy atom. The van der Waals surface area contributed by atoms with Gasteiger partial charge >= 0.3 is 6.18 Å². The van der Waals surface area contributed by atoms with Crippen molar-refractivity contribution in [3.05, 3.63) is 24.3 Å². The van der Waals surface area contributed by atoms with Crippen molar-refractivity contribution in [3.63, 3.8) is 0 Å². The highest BCUT2D eigenvalue weighted by atomic mass is 19.4. The molecule has 14 heavy (non-hydrogen) atoms. The SMILES string of the molecule is CC1(C(F)(F)F)C=CC=CC1C(N)=O. The maximum absolute atomic E-state index is 12.6. The van der Waals surface area contributed by atoms with Gasteiger partial charge in [0.2, 0.25) is 5.91 Å². The van der Waals surface area contributed by atoms with E-state index in [1.807, 2.05) is 0 Å². The molecular weight excluding hydrogens is 195 g/mol. The number of rotatable bonds is 1. The van der Waals surface area contributed by atoms with Crippen LogP contribution in [0.25, 0.3) is 0 Å². The third kappa shape index (κ3) is 1.54. The summed E-state index contributed by atoms with van der Waals surface area (Å²) in [4.78, 5) is 10.9. The number of halogens is 3. The first-order valence-electron chi connectivity index (χ1n) is 4.01. The van der Waals surface area contributed by atoms with E-state index in [1.54, 1.807) is 0 Å². The average Bonchev–Trinajstić information content (AvgIpc) is 2.02. The Balaban J connectivity index is 3.13. The predicted octanol–water partition coefficient (Wildman–Crippen LogP) is 1.78. The summed E-state index contributed by atoms with van der Waals surface area (Å²) in [6, 6.07) is 0. The van der Waals surface area contributed by atoms with Gasteiger partial charge in [-0.3, -0.25) is 4.79 Å². The molecule has 0 spiro atoms. The van der Waals surface area contributed by atoms with E-state index in [1.165, 1.54) is 18.2 Å². The summed E-state index contributed by atoms with van der Waals surface area (Å²) < 4.78 is 37.9. The van der Waals surface area contributed by atoms with Crippen LogP contribution in [-0.4, -0.2) is 12.1 Å². The van der Waals surface area contributed by atoms with Gasteiger partial charge in [0.05, 0.1) is 11.3 Å². The first-order valence-corrected chi connectivity index (χ1v) is 4.01. The fourth-order valence-electron chi connectivity index (χ4n) is 1.40. The van der Waals surface area contributed by atoms with Gasteiger partial charge in [-0.05, 0) is 6.92 Å². The third-order valence-corrected chi connectivity index (χ3v) is 2.42. The monoisotopic (exact) mass is 205 g/mol. The number of alkyl halides is 3. The lowest BCUT2D eigenvalue weighted by molar-refractivity contribution is -0.212. The summed E-state index contributed by atoms with van der Waals surface area (Å²) in [5, 5.41) is 0. The molecule has 0 radical (unpaired) electrons. The Labute approximate surface area is 79.3 Å². The molecule has 0 aliphatic heterocycles. The van der Waals surface area contributed by atoms with Crippen LogP contribution in [0.3, 0.4) is 0 Å². The topological polar surface area (TPSA) is 43.1 Å². The molecule has 0 aromatic carbocycles. The molecule has 5 heteroatoms. The lowest BCUT2D eigenvalue weighted by Gasteiger charge is -2.34. The zero-order chi connectivity index (χ0) is 11.0. The molecule has 1 aliphatic rings. The number of carbonyl (C=O) groups is 1. The van der Waals surface area contributed by atoms with Crippen molar-refractivity contribution in [2.45, 2.75) is 13.1 Å². The summed E-state index contributed by atoms with van der Waals surface area (Å²) in [6.07, 6.45) is 0.321. The van der Waals surface area contributed by atoms with E-state index in [0.29, 0.717) is 0 Å². The number of hydrogen-bond donors (Lipinski definition) is 1. The largest absolute Gasteiger partial charge is 0.398 e. The van der Waals surface area contributed by atoms with Crippen molar-refractivity contribution in [1.29, 1.82) is 0 Å². The lowest BCUT2D eigenvalue weighted by Crippen LogP contribution is -2.46. The van der Waals surface area contributed by atoms with E-state index in [2.05, 4.69) is 0 Å². The normalized spacial score (nSPS) is 31.9. The molecule has 2 unspecified atom stereocenters. The Morgan fingerprint density at radius 1 is 1.43 bits per heavy atom. The first-order chi connectivity index (χ1) is 6.29. The molecule has 0 heterocycles. The highest BCUT2D eigenvalue weighted by Gasteiger charge is 2.55. The van der Waals surface area contributed by atoms with Crippen molar-refractivity contribution in [3.8, 4) is 0 Å². The Hall–Kier alpha value is -1.26. The van der Waals surface area contributed by atoms with E-state index in [9.17, 15) is 18.0 Å². The van der Waals surface area contributed by atoms with Crippen molar-refractivity contribution < 1.29 is 18.0 Å². The standard InChI is InChI=1S/C9H10F3NO/c1-8(9(10,11)12)5-3-2-4-6(8)7(13)14/h2-6H,1H3,(H2,13,14). The van der Waals surface area contributed by atoms with Crippen molar-refractivity contribution in [2.75, 3.05) is 0 Å². The third-order valence-electron chi connectivity index (χ3n) is 2.42. The van der Waals surface area contributed by atoms with Crippen LogP contribution in [0.5, 0.6) is 0 Å². The maximum atomic E-state index is 12.6. The number of carbonyl (C=O) groups excluding carboxylic acids is 1. The van der Waals surface area contributed by atoms with Crippen LogP contribution in [0.2, 0.25) is 0 Å². The Kier molecular flexibility index (Phi) is 2.43. The van der Waals surface area contributed by atoms with Gasteiger partial charge < -0.3 is 5.73 Å². The summed E-state index contributed by atoms with van der Waals surface area (Å²) in [5.74, 6) is -2.29. The van der Waals surface area contributed by atoms with Crippen LogP contribution >= 0.6 is 0 Å². The minimum absolute atomic E-state index is 0.961. The van der Waals surface area contributed by atoms with E-state index < -0.39 is 23.4 Å². The summed E-state index contributed by atoms with van der Waals surface area (Å²) in [6.45, 7) is 0.961. The minimum Gasteiger partial charge on any atom is -0.369 e. The van der Waals surface area contributed by atoms with Gasteiger partial charge in [0.1, 0.15) is 0 Å². The van der Waals surface area contributed by atoms with E-state index in [0.717, 1.165) is 13.0 Å². The van der Waals surface area contributed by atoms with Crippen molar-refractivity contribution in [1.82, 2.24) is 0 Å². The second kappa shape index (κ2) is 3.15. The van der Waals surface area contributed by atoms with Crippen LogP contribution in [0.15, 0.2) is 24.3 Å². The molecule has 1 rings (SSSR count). The second-order valence-electron chi connectivity index (χ2n) is 3.40. The molecule has 0 aromatic rings. The zero-order valence-corrected chi connectivity index (χ0v) is 7.51. The van der Waals surface area contributed by atoms with Crippen LogP contribution in [0.1, 0.15) is 6.92 Å². The van der Waals surface area contributed by atoms with E-state index >= 15 is 0 Å². The van der Waals surface area contributed by atoms with Gasteiger partial charge in [0.15, 0.2) is 0 Å². The molecule has 2 nitrogen and oxygen atoms in total. The quantitative estimate of drug-likeness (QED) is 0.696. The smallest absolute Gasteiger partial charge is 0.369 e.